The Bertz CT molecular complexity index is 1800. The first kappa shape index (κ1) is 34.0. The normalized spacial score (nSPS) is 11.7. The predicted molar refractivity (Wildman–Crippen MR) is 168 cm³/mol. The van der Waals surface area contributed by atoms with Crippen LogP contribution in [0.3, 0.4) is 0 Å². The van der Waals surface area contributed by atoms with Crippen LogP contribution in [-0.4, -0.2) is 39.6 Å². The third-order valence-electron chi connectivity index (χ3n) is 6.42. The molecule has 46 heavy (non-hydrogen) atoms. The van der Waals surface area contributed by atoms with Gasteiger partial charge in [0, 0.05) is 6.54 Å². The van der Waals surface area contributed by atoms with E-state index in [-0.39, 0.29) is 17.4 Å². The molecule has 0 aliphatic rings. The fourth-order valence-electron chi connectivity index (χ4n) is 4.03. The average Bonchev–Trinajstić information content (AvgIpc) is 3.02. The van der Waals surface area contributed by atoms with Crippen LogP contribution in [0.4, 0.5) is 18.9 Å². The van der Waals surface area contributed by atoms with Crippen molar-refractivity contribution in [2.75, 3.05) is 17.5 Å². The second-order valence-electron chi connectivity index (χ2n) is 9.90. The lowest BCUT2D eigenvalue weighted by Gasteiger charge is -2.25. The molecule has 240 valence electrons. The van der Waals surface area contributed by atoms with E-state index < -0.39 is 44.9 Å². The van der Waals surface area contributed by atoms with E-state index in [1.165, 1.54) is 30.5 Å². The molecule has 14 heteroatoms. The minimum Gasteiger partial charge on any atom is -0.484 e. The highest BCUT2D eigenvalue weighted by atomic mass is 35.5. The summed E-state index contributed by atoms with van der Waals surface area (Å²) in [6, 6.07) is 24.0. The zero-order valence-electron chi connectivity index (χ0n) is 24.3. The molecule has 4 aromatic carbocycles. The topological polar surface area (TPSA) is 117 Å². The van der Waals surface area contributed by atoms with Crippen molar-refractivity contribution in [3.8, 4) is 5.75 Å². The van der Waals surface area contributed by atoms with Crippen LogP contribution in [0.1, 0.15) is 22.3 Å². The summed E-state index contributed by atoms with van der Waals surface area (Å²) in [6.45, 7) is 1.03. The Morgan fingerprint density at radius 2 is 1.61 bits per heavy atom. The number of rotatable bonds is 12. The number of carbonyl (C=O) groups excluding carboxylic acids is 2. The molecule has 9 nitrogen and oxygen atoms in total. The van der Waals surface area contributed by atoms with Gasteiger partial charge >= 0.3 is 6.18 Å². The molecule has 2 N–H and O–H groups in total. The van der Waals surface area contributed by atoms with Crippen molar-refractivity contribution in [1.82, 2.24) is 10.7 Å². The Balaban J connectivity index is 1.40. The van der Waals surface area contributed by atoms with Crippen LogP contribution in [-0.2, 0) is 32.3 Å². The predicted octanol–water partition coefficient (Wildman–Crippen LogP) is 5.71. The van der Waals surface area contributed by atoms with Gasteiger partial charge in [0.25, 0.3) is 21.8 Å². The Hall–Kier alpha value is -4.88. The number of amides is 2. The number of aryl methyl sites for hydroxylation is 1. The van der Waals surface area contributed by atoms with E-state index in [0.717, 1.165) is 23.3 Å². The van der Waals surface area contributed by atoms with E-state index in [4.69, 9.17) is 16.3 Å². The second kappa shape index (κ2) is 14.9. The summed E-state index contributed by atoms with van der Waals surface area (Å²) in [5.74, 6) is -0.810. The molecule has 0 fully saturated rings. The summed E-state index contributed by atoms with van der Waals surface area (Å²) < 4.78 is 73.7. The van der Waals surface area contributed by atoms with Crippen LogP contribution in [0, 0.1) is 6.92 Å². The Kier molecular flexibility index (Phi) is 11.0. The third kappa shape index (κ3) is 9.31. The molecule has 0 aliphatic heterocycles. The molecule has 0 saturated heterocycles. The Morgan fingerprint density at radius 1 is 0.935 bits per heavy atom. The maximum Gasteiger partial charge on any atom is 0.417 e. The van der Waals surface area contributed by atoms with Gasteiger partial charge < -0.3 is 10.1 Å². The molecular formula is C32H28ClF3N4O5S. The van der Waals surface area contributed by atoms with Crippen molar-refractivity contribution in [3.63, 3.8) is 0 Å². The van der Waals surface area contributed by atoms with Crippen molar-refractivity contribution in [2.24, 2.45) is 5.10 Å². The van der Waals surface area contributed by atoms with E-state index in [2.05, 4.69) is 15.8 Å². The minimum absolute atomic E-state index is 0.198. The molecule has 0 atom stereocenters. The summed E-state index contributed by atoms with van der Waals surface area (Å²) in [5.41, 5.74) is 2.76. The van der Waals surface area contributed by atoms with Gasteiger partial charge in [-0.2, -0.15) is 18.3 Å². The molecule has 0 unspecified atom stereocenters. The maximum absolute atomic E-state index is 13.6. The number of sulfonamides is 1. The number of ether oxygens (including phenoxy) is 1. The van der Waals surface area contributed by atoms with Gasteiger partial charge in [-0.1, -0.05) is 59.6 Å². The Labute approximate surface area is 268 Å². The van der Waals surface area contributed by atoms with Gasteiger partial charge in [-0.25, -0.2) is 13.8 Å². The van der Waals surface area contributed by atoms with Crippen LogP contribution < -0.4 is 19.8 Å². The average molecular weight is 673 g/mol. The van der Waals surface area contributed by atoms with E-state index in [0.29, 0.717) is 28.2 Å². The lowest BCUT2D eigenvalue weighted by atomic mass is 10.2. The molecule has 4 aromatic rings. The lowest BCUT2D eigenvalue weighted by molar-refractivity contribution is -0.137. The van der Waals surface area contributed by atoms with Crippen molar-refractivity contribution >= 4 is 45.3 Å². The smallest absolute Gasteiger partial charge is 0.417 e. The summed E-state index contributed by atoms with van der Waals surface area (Å²) in [4.78, 5) is 24.6. The number of nitrogens with one attached hydrogen (secondary N) is 2. The van der Waals surface area contributed by atoms with Gasteiger partial charge in [0.05, 0.1) is 27.4 Å². The largest absolute Gasteiger partial charge is 0.484 e. The van der Waals surface area contributed by atoms with Crippen molar-refractivity contribution in [1.29, 1.82) is 0 Å². The summed E-state index contributed by atoms with van der Waals surface area (Å²) in [5, 5.41) is 5.96. The SMILES string of the molecule is Cc1ccc(S(=O)(=O)N(CC(=O)N/N=C/c2ccc(OCC(=O)NCc3ccccc3)cc2)c2ccc(Cl)c(C(F)(F)F)c2)cc1. The van der Waals surface area contributed by atoms with Crippen LogP contribution in [0.25, 0.3) is 0 Å². The number of hydrazone groups is 1. The number of benzene rings is 4. The molecule has 0 spiro atoms. The van der Waals surface area contributed by atoms with E-state index in [1.54, 1.807) is 31.2 Å². The monoisotopic (exact) mass is 672 g/mol. The van der Waals surface area contributed by atoms with Gasteiger partial charge in [-0.3, -0.25) is 13.9 Å². The number of anilines is 1. The first-order chi connectivity index (χ1) is 21.8. The second-order valence-corrected chi connectivity index (χ2v) is 12.2. The number of halogens is 4. The molecule has 0 aromatic heterocycles. The fraction of sp³-hybridized carbons (Fsp3) is 0.156. The van der Waals surface area contributed by atoms with Gasteiger partial charge in [0.1, 0.15) is 12.3 Å². The molecule has 4 rings (SSSR count). The van der Waals surface area contributed by atoms with E-state index in [9.17, 15) is 31.2 Å². The molecule has 0 saturated carbocycles. The number of alkyl halides is 3. The number of hydrogen-bond acceptors (Lipinski definition) is 6. The highest BCUT2D eigenvalue weighted by molar-refractivity contribution is 7.92. The number of hydrogen-bond donors (Lipinski definition) is 2. The maximum atomic E-state index is 13.6. The van der Waals surface area contributed by atoms with Crippen molar-refractivity contribution < 1.29 is 35.9 Å². The number of carbonyl (C=O) groups is 2. The van der Waals surface area contributed by atoms with E-state index in [1.807, 2.05) is 30.3 Å². The number of nitrogens with zero attached hydrogens (tertiary/aromatic N) is 2. The van der Waals surface area contributed by atoms with Crippen LogP contribution in [0.2, 0.25) is 5.02 Å². The summed E-state index contributed by atoms with van der Waals surface area (Å²) in [6.07, 6.45) is -3.59. The highest BCUT2D eigenvalue weighted by Gasteiger charge is 2.35. The zero-order valence-corrected chi connectivity index (χ0v) is 25.9. The van der Waals surface area contributed by atoms with E-state index >= 15 is 0 Å². The molecule has 0 radical (unpaired) electrons. The minimum atomic E-state index is -4.87. The summed E-state index contributed by atoms with van der Waals surface area (Å²) in [7, 11) is -4.48. The van der Waals surface area contributed by atoms with Crippen molar-refractivity contribution in [2.45, 2.75) is 24.5 Å². The van der Waals surface area contributed by atoms with Gasteiger partial charge in [-0.15, -0.1) is 0 Å². The fourth-order valence-corrected chi connectivity index (χ4v) is 5.67. The van der Waals surface area contributed by atoms with Gasteiger partial charge in [-0.05, 0) is 72.6 Å². The van der Waals surface area contributed by atoms with Crippen LogP contribution in [0.5, 0.6) is 5.75 Å². The molecule has 0 heterocycles. The first-order valence-electron chi connectivity index (χ1n) is 13.6. The zero-order chi connectivity index (χ0) is 33.3. The van der Waals surface area contributed by atoms with Crippen LogP contribution >= 0.6 is 11.6 Å². The van der Waals surface area contributed by atoms with Gasteiger partial charge in [0.15, 0.2) is 6.61 Å². The third-order valence-corrected chi connectivity index (χ3v) is 8.54. The highest BCUT2D eigenvalue weighted by Crippen LogP contribution is 2.38. The van der Waals surface area contributed by atoms with Crippen molar-refractivity contribution in [3.05, 3.63) is 124 Å². The molecule has 0 bridgehead atoms. The molecule has 0 aliphatic carbocycles. The molecular weight excluding hydrogens is 645 g/mol. The molecule has 2 amide bonds. The van der Waals surface area contributed by atoms with Gasteiger partial charge in [0.2, 0.25) is 0 Å². The standard InChI is InChI=1S/C32H28ClF3N4O5S/c1-22-7-14-27(15-8-22)46(43,44)40(25-11-16-29(33)28(17-25)32(34,35)36)20-30(41)39-38-19-24-9-12-26(13-10-24)45-21-31(42)37-18-23-5-3-2-4-6-23/h2-17,19H,18,20-21H2,1H3,(H,37,42)(H,39,41)/b38-19+. The summed E-state index contributed by atoms with van der Waals surface area (Å²) >= 11 is 5.73. The quantitative estimate of drug-likeness (QED) is 0.148. The first-order valence-corrected chi connectivity index (χ1v) is 15.5. The Morgan fingerprint density at radius 3 is 2.26 bits per heavy atom. The lowest BCUT2D eigenvalue weighted by Crippen LogP contribution is -2.39. The van der Waals surface area contributed by atoms with Crippen LogP contribution in [0.15, 0.2) is 107 Å².